The van der Waals surface area contributed by atoms with Gasteiger partial charge >= 0.3 is 0 Å². The summed E-state index contributed by atoms with van der Waals surface area (Å²) in [6, 6.07) is 5.31. The van der Waals surface area contributed by atoms with Crippen molar-refractivity contribution in [3.8, 4) is 0 Å². The van der Waals surface area contributed by atoms with E-state index in [-0.39, 0.29) is 29.6 Å². The number of carbonyl (C=O) groups is 3. The van der Waals surface area contributed by atoms with Crippen LogP contribution >= 0.6 is 11.6 Å². The predicted molar refractivity (Wildman–Crippen MR) is 100 cm³/mol. The van der Waals surface area contributed by atoms with Gasteiger partial charge in [0, 0.05) is 36.4 Å². The first-order chi connectivity index (χ1) is 12.5. The highest BCUT2D eigenvalue weighted by molar-refractivity contribution is 6.34. The quantitative estimate of drug-likeness (QED) is 0.875. The highest BCUT2D eigenvalue weighted by atomic mass is 35.5. The molecule has 2 aliphatic carbocycles. The molecule has 0 aromatic heterocycles. The summed E-state index contributed by atoms with van der Waals surface area (Å²) in [6.07, 6.45) is 5.60. The molecule has 0 spiro atoms. The van der Waals surface area contributed by atoms with Crippen LogP contribution in [-0.4, -0.2) is 24.1 Å². The fourth-order valence-corrected chi connectivity index (χ4v) is 4.79. The second-order valence-electron chi connectivity index (χ2n) is 7.70. The van der Waals surface area contributed by atoms with E-state index in [0.29, 0.717) is 42.3 Å². The van der Waals surface area contributed by atoms with E-state index in [9.17, 15) is 14.4 Å². The second-order valence-corrected chi connectivity index (χ2v) is 8.10. The smallest absolute Gasteiger partial charge is 0.227 e. The van der Waals surface area contributed by atoms with Gasteiger partial charge in [0.05, 0.1) is 10.7 Å². The number of benzene rings is 1. The summed E-state index contributed by atoms with van der Waals surface area (Å²) in [4.78, 5) is 38.7. The minimum Gasteiger partial charge on any atom is -0.324 e. The maximum Gasteiger partial charge on any atom is 0.227 e. The third-order valence-corrected chi connectivity index (χ3v) is 6.34. The van der Waals surface area contributed by atoms with E-state index in [2.05, 4.69) is 5.32 Å². The molecular weight excluding hydrogens is 352 g/mol. The number of fused-ring (bicyclic) bond motifs is 2. The van der Waals surface area contributed by atoms with Crippen LogP contribution in [0.5, 0.6) is 0 Å². The molecule has 138 valence electrons. The molecule has 6 heteroatoms. The monoisotopic (exact) mass is 374 g/mol. The van der Waals surface area contributed by atoms with Gasteiger partial charge in [-0.3, -0.25) is 14.4 Å². The third kappa shape index (κ3) is 3.25. The van der Waals surface area contributed by atoms with Crippen molar-refractivity contribution in [2.45, 2.75) is 44.9 Å². The third-order valence-electron chi connectivity index (χ3n) is 6.01. The molecule has 4 rings (SSSR count). The van der Waals surface area contributed by atoms with Crippen LogP contribution in [0.1, 0.15) is 44.9 Å². The van der Waals surface area contributed by atoms with Crippen LogP contribution in [0.3, 0.4) is 0 Å². The number of amides is 2. The van der Waals surface area contributed by atoms with Crippen LogP contribution in [0.15, 0.2) is 18.2 Å². The van der Waals surface area contributed by atoms with E-state index in [1.807, 2.05) is 6.07 Å². The first-order valence-electron chi connectivity index (χ1n) is 9.47. The highest BCUT2D eigenvalue weighted by Gasteiger charge is 2.41. The number of hydrogen-bond acceptors (Lipinski definition) is 3. The fraction of sp³-hybridized carbons (Fsp3) is 0.550. The molecule has 1 unspecified atom stereocenters. The summed E-state index contributed by atoms with van der Waals surface area (Å²) >= 11 is 6.27. The lowest BCUT2D eigenvalue weighted by atomic mass is 9.67. The average molecular weight is 375 g/mol. The molecule has 1 N–H and O–H groups in total. The molecule has 2 saturated carbocycles. The molecule has 3 atom stereocenters. The summed E-state index contributed by atoms with van der Waals surface area (Å²) in [5, 5.41) is 3.40. The van der Waals surface area contributed by atoms with Crippen molar-refractivity contribution in [3.05, 3.63) is 23.2 Å². The zero-order valence-electron chi connectivity index (χ0n) is 14.7. The van der Waals surface area contributed by atoms with Crippen molar-refractivity contribution < 1.29 is 14.4 Å². The van der Waals surface area contributed by atoms with E-state index in [1.165, 1.54) is 0 Å². The highest BCUT2D eigenvalue weighted by Crippen LogP contribution is 2.41. The summed E-state index contributed by atoms with van der Waals surface area (Å²) in [5.41, 5.74) is 1.30. The van der Waals surface area contributed by atoms with Crippen molar-refractivity contribution in [1.29, 1.82) is 0 Å². The molecule has 1 saturated heterocycles. The first-order valence-corrected chi connectivity index (χ1v) is 9.85. The van der Waals surface area contributed by atoms with Gasteiger partial charge in [0.15, 0.2) is 0 Å². The number of rotatable bonds is 3. The van der Waals surface area contributed by atoms with Crippen LogP contribution < -0.4 is 10.2 Å². The molecular formula is C20H23ClN2O3. The Kier molecular flexibility index (Phi) is 4.74. The Morgan fingerprint density at radius 2 is 1.85 bits per heavy atom. The lowest BCUT2D eigenvalue weighted by molar-refractivity contribution is -0.136. The number of halogens is 1. The van der Waals surface area contributed by atoms with Gasteiger partial charge in [-0.05, 0) is 50.3 Å². The van der Waals surface area contributed by atoms with Gasteiger partial charge in [-0.2, -0.15) is 0 Å². The van der Waals surface area contributed by atoms with Gasteiger partial charge in [-0.15, -0.1) is 0 Å². The zero-order chi connectivity index (χ0) is 18.3. The zero-order valence-corrected chi connectivity index (χ0v) is 15.4. The summed E-state index contributed by atoms with van der Waals surface area (Å²) in [6.45, 7) is 0.696. The molecule has 0 radical (unpaired) electrons. The van der Waals surface area contributed by atoms with E-state index in [1.54, 1.807) is 17.0 Å². The molecule has 3 aliphatic rings. The van der Waals surface area contributed by atoms with Gasteiger partial charge < -0.3 is 10.2 Å². The Morgan fingerprint density at radius 1 is 1.12 bits per heavy atom. The van der Waals surface area contributed by atoms with Gasteiger partial charge in [0.2, 0.25) is 11.8 Å². The van der Waals surface area contributed by atoms with Crippen molar-refractivity contribution in [2.75, 3.05) is 16.8 Å². The molecule has 5 nitrogen and oxygen atoms in total. The Morgan fingerprint density at radius 3 is 2.50 bits per heavy atom. The average Bonchev–Trinajstić information content (AvgIpc) is 3.02. The fourth-order valence-electron chi connectivity index (χ4n) is 4.63. The molecule has 1 aromatic rings. The molecule has 1 aromatic carbocycles. The Bertz CT molecular complexity index is 747. The lowest BCUT2D eigenvalue weighted by Crippen LogP contribution is -2.40. The number of carbonyl (C=O) groups excluding carboxylic acids is 3. The van der Waals surface area contributed by atoms with Crippen molar-refractivity contribution >= 4 is 40.6 Å². The van der Waals surface area contributed by atoms with Gasteiger partial charge in [-0.25, -0.2) is 0 Å². The minimum atomic E-state index is -0.142. The number of hydrogen-bond donors (Lipinski definition) is 1. The molecule has 1 heterocycles. The van der Waals surface area contributed by atoms with Crippen LogP contribution in [0.25, 0.3) is 0 Å². The van der Waals surface area contributed by atoms with Gasteiger partial charge in [0.1, 0.15) is 5.78 Å². The van der Waals surface area contributed by atoms with Crippen LogP contribution in [0.2, 0.25) is 5.02 Å². The number of nitrogens with zero attached hydrogens (tertiary/aromatic N) is 1. The van der Waals surface area contributed by atoms with Gasteiger partial charge in [0.25, 0.3) is 0 Å². The van der Waals surface area contributed by atoms with Crippen molar-refractivity contribution in [1.82, 2.24) is 0 Å². The second kappa shape index (κ2) is 7.03. The summed E-state index contributed by atoms with van der Waals surface area (Å²) in [5.74, 6) is 0.331. The standard InChI is InChI=1S/C20H23ClN2O3/c21-16-7-6-15(23-8-2-5-18(23)24)11-17(16)22-20(26)14-9-12-3-1-4-13(10-14)19(12)25/h6-7,11-14H,1-5,8-10H2,(H,22,26)/t12-,13+,14?. The molecule has 1 aliphatic heterocycles. The summed E-state index contributed by atoms with van der Waals surface area (Å²) in [7, 11) is 0. The molecule has 26 heavy (non-hydrogen) atoms. The van der Waals surface area contributed by atoms with Crippen molar-refractivity contribution in [2.24, 2.45) is 17.8 Å². The molecule has 3 fully saturated rings. The van der Waals surface area contributed by atoms with Crippen LogP contribution in [-0.2, 0) is 14.4 Å². The van der Waals surface area contributed by atoms with Gasteiger partial charge in [-0.1, -0.05) is 18.0 Å². The van der Waals surface area contributed by atoms with E-state index >= 15 is 0 Å². The Labute approximate surface area is 158 Å². The number of nitrogens with one attached hydrogen (secondary N) is 1. The van der Waals surface area contributed by atoms with E-state index < -0.39 is 0 Å². The van der Waals surface area contributed by atoms with Crippen LogP contribution in [0.4, 0.5) is 11.4 Å². The minimum absolute atomic E-state index is 0.0438. The topological polar surface area (TPSA) is 66.5 Å². The SMILES string of the molecule is O=C(Nc1cc(N2CCCC2=O)ccc1Cl)C1C[C@H]2CCC[C@@H](C1)C2=O. The first kappa shape index (κ1) is 17.5. The lowest BCUT2D eigenvalue weighted by Gasteiger charge is -2.37. The van der Waals surface area contributed by atoms with Crippen LogP contribution in [0, 0.1) is 17.8 Å². The maximum atomic E-state index is 12.8. The van der Waals surface area contributed by atoms with Crippen molar-refractivity contribution in [3.63, 3.8) is 0 Å². The number of anilines is 2. The predicted octanol–water partition coefficient (Wildman–Crippen LogP) is 3.80. The molecule has 2 bridgehead atoms. The van der Waals surface area contributed by atoms with E-state index in [0.717, 1.165) is 31.4 Å². The van der Waals surface area contributed by atoms with E-state index in [4.69, 9.17) is 11.6 Å². The Hall–Kier alpha value is -1.88. The normalized spacial score (nSPS) is 28.3. The maximum absolute atomic E-state index is 12.8. The largest absolute Gasteiger partial charge is 0.324 e. The Balaban J connectivity index is 1.49. The summed E-state index contributed by atoms with van der Waals surface area (Å²) < 4.78 is 0. The molecule has 2 amide bonds. The number of Topliss-reactive ketones (excluding diaryl/α,β-unsaturated/α-hetero) is 1. The number of ketones is 1.